The van der Waals surface area contributed by atoms with Gasteiger partial charge in [-0.2, -0.15) is 0 Å². The molecule has 0 aromatic carbocycles. The number of methoxy groups -OCH3 is 1. The van der Waals surface area contributed by atoms with E-state index in [-0.39, 0.29) is 25.3 Å². The number of ether oxygens (including phenoxy) is 1. The number of esters is 1. The number of nitrogens with one attached hydrogen (secondary N) is 1. The molecule has 0 saturated carbocycles. The largest absolute Gasteiger partial charge is 0.480 e. The average molecular weight is 421 g/mol. The molecule has 1 saturated heterocycles. The van der Waals surface area contributed by atoms with Gasteiger partial charge in [-0.15, -0.1) is 0 Å². The molecule has 1 aliphatic rings. The number of rotatable bonds is 8. The molecule has 4 N–H and O–H groups in total. The van der Waals surface area contributed by atoms with E-state index in [0.717, 1.165) is 16.9 Å². The minimum Gasteiger partial charge on any atom is -0.480 e. The van der Waals surface area contributed by atoms with E-state index in [1.54, 1.807) is 18.2 Å². The van der Waals surface area contributed by atoms with Gasteiger partial charge in [-0.1, -0.05) is 6.07 Å². The van der Waals surface area contributed by atoms with Crippen LogP contribution in [0.4, 0.5) is 5.82 Å². The van der Waals surface area contributed by atoms with Gasteiger partial charge in [0.15, 0.2) is 0 Å². The fourth-order valence-electron chi connectivity index (χ4n) is 3.00. The molecule has 0 radical (unpaired) electrons. The van der Waals surface area contributed by atoms with Crippen LogP contribution in [0.25, 0.3) is 0 Å². The second-order valence-corrected chi connectivity index (χ2v) is 6.54. The first-order valence-electron chi connectivity index (χ1n) is 9.06. The molecule has 12 heteroatoms. The van der Waals surface area contributed by atoms with Crippen molar-refractivity contribution in [1.82, 2.24) is 20.1 Å². The monoisotopic (exact) mass is 421 g/mol. The Hall–Kier alpha value is -3.70. The molecular formula is C18H23N5O7. The van der Waals surface area contributed by atoms with Crippen molar-refractivity contribution in [2.24, 2.45) is 0 Å². The molecule has 1 aromatic heterocycles. The van der Waals surface area contributed by atoms with Crippen LogP contribution in [0.1, 0.15) is 12.1 Å². The summed E-state index contributed by atoms with van der Waals surface area (Å²) >= 11 is 0. The summed E-state index contributed by atoms with van der Waals surface area (Å²) in [6.07, 6.45) is -0.506. The first-order valence-corrected chi connectivity index (χ1v) is 9.06. The number of pyridine rings is 1. The van der Waals surface area contributed by atoms with Gasteiger partial charge in [-0.25, -0.2) is 4.98 Å². The highest BCUT2D eigenvalue weighted by molar-refractivity contribution is 5.94. The van der Waals surface area contributed by atoms with E-state index < -0.39 is 55.2 Å². The predicted molar refractivity (Wildman–Crippen MR) is 102 cm³/mol. The molecule has 1 atom stereocenters. The second-order valence-electron chi connectivity index (χ2n) is 6.54. The van der Waals surface area contributed by atoms with Gasteiger partial charge in [0.05, 0.1) is 32.2 Å². The maximum absolute atomic E-state index is 12.6. The number of piperazine rings is 1. The SMILES string of the molecule is COC(=O)CC1C(=O)N(CC(=O)O)CCN1C(=O)CNC(=O)Cc1cccc(N)n1. The third-order valence-corrected chi connectivity index (χ3v) is 4.42. The van der Waals surface area contributed by atoms with Crippen LogP contribution < -0.4 is 11.1 Å². The van der Waals surface area contributed by atoms with Gasteiger partial charge in [-0.05, 0) is 12.1 Å². The van der Waals surface area contributed by atoms with Crippen LogP contribution in [0.5, 0.6) is 0 Å². The average Bonchev–Trinajstić information content (AvgIpc) is 2.68. The number of hydrogen-bond donors (Lipinski definition) is 3. The summed E-state index contributed by atoms with van der Waals surface area (Å²) in [5.41, 5.74) is 5.99. The maximum Gasteiger partial charge on any atom is 0.323 e. The molecule has 2 rings (SSSR count). The molecular weight excluding hydrogens is 398 g/mol. The highest BCUT2D eigenvalue weighted by Gasteiger charge is 2.39. The standard InChI is InChI=1S/C18H23N5O7/c1-30-17(28)8-12-18(29)22(10-16(26)27)5-6-23(12)15(25)9-20-14(24)7-11-3-2-4-13(19)21-11/h2-4,12H,5-10H2,1H3,(H2,19,21)(H,20,24)(H,26,27). The number of anilines is 1. The number of carboxylic acid groups (broad SMARTS) is 1. The van der Waals surface area contributed by atoms with Crippen molar-refractivity contribution in [3.8, 4) is 0 Å². The van der Waals surface area contributed by atoms with E-state index in [1.807, 2.05) is 0 Å². The Morgan fingerprint density at radius 3 is 2.67 bits per heavy atom. The first kappa shape index (κ1) is 22.6. The lowest BCUT2D eigenvalue weighted by Crippen LogP contribution is -2.61. The van der Waals surface area contributed by atoms with Crippen molar-refractivity contribution in [2.45, 2.75) is 18.9 Å². The number of aromatic nitrogens is 1. The van der Waals surface area contributed by atoms with E-state index in [2.05, 4.69) is 15.0 Å². The van der Waals surface area contributed by atoms with E-state index in [4.69, 9.17) is 10.8 Å². The lowest BCUT2D eigenvalue weighted by atomic mass is 10.1. The van der Waals surface area contributed by atoms with Crippen molar-refractivity contribution in [2.75, 3.05) is 39.0 Å². The summed E-state index contributed by atoms with van der Waals surface area (Å²) in [6, 6.07) is 3.64. The van der Waals surface area contributed by atoms with Gasteiger partial charge >= 0.3 is 11.9 Å². The number of amides is 3. The molecule has 3 amide bonds. The van der Waals surface area contributed by atoms with Crippen LogP contribution in [-0.2, 0) is 35.1 Å². The normalized spacial score (nSPS) is 16.2. The number of nitrogen functional groups attached to an aromatic ring is 1. The van der Waals surface area contributed by atoms with Gasteiger partial charge in [0, 0.05) is 13.1 Å². The molecule has 0 bridgehead atoms. The van der Waals surface area contributed by atoms with Crippen molar-refractivity contribution in [1.29, 1.82) is 0 Å². The highest BCUT2D eigenvalue weighted by atomic mass is 16.5. The van der Waals surface area contributed by atoms with Crippen LogP contribution in [0.3, 0.4) is 0 Å². The second kappa shape index (κ2) is 10.2. The van der Waals surface area contributed by atoms with Crippen LogP contribution in [0.15, 0.2) is 18.2 Å². The minimum atomic E-state index is -1.21. The number of carbonyl (C=O) groups is 5. The third-order valence-electron chi connectivity index (χ3n) is 4.42. The molecule has 12 nitrogen and oxygen atoms in total. The van der Waals surface area contributed by atoms with Crippen molar-refractivity contribution in [3.63, 3.8) is 0 Å². The number of aliphatic carboxylic acids is 1. The molecule has 0 aliphatic carbocycles. The fourth-order valence-corrected chi connectivity index (χ4v) is 3.00. The van der Waals surface area contributed by atoms with Crippen LogP contribution in [0, 0.1) is 0 Å². The Labute approximate surface area is 172 Å². The summed E-state index contributed by atoms with van der Waals surface area (Å²) in [5.74, 6) is -3.39. The summed E-state index contributed by atoms with van der Waals surface area (Å²) in [7, 11) is 1.14. The fraction of sp³-hybridized carbons (Fsp3) is 0.444. The van der Waals surface area contributed by atoms with Crippen LogP contribution in [-0.4, -0.2) is 88.9 Å². The van der Waals surface area contributed by atoms with Crippen molar-refractivity contribution in [3.05, 3.63) is 23.9 Å². The zero-order chi connectivity index (χ0) is 22.3. The van der Waals surface area contributed by atoms with E-state index in [9.17, 15) is 24.0 Å². The van der Waals surface area contributed by atoms with Crippen LogP contribution >= 0.6 is 0 Å². The molecule has 1 aromatic rings. The maximum atomic E-state index is 12.6. The third kappa shape index (κ3) is 6.15. The van der Waals surface area contributed by atoms with Crippen LogP contribution in [0.2, 0.25) is 0 Å². The lowest BCUT2D eigenvalue weighted by molar-refractivity contribution is -0.158. The highest BCUT2D eigenvalue weighted by Crippen LogP contribution is 2.16. The molecule has 2 heterocycles. The number of nitrogens with two attached hydrogens (primary N) is 1. The molecule has 0 spiro atoms. The molecule has 1 aliphatic heterocycles. The van der Waals surface area contributed by atoms with Gasteiger partial charge in [0.2, 0.25) is 17.7 Å². The predicted octanol–water partition coefficient (Wildman–Crippen LogP) is -1.99. The Balaban J connectivity index is 2.00. The lowest BCUT2D eigenvalue weighted by Gasteiger charge is -2.39. The number of hydrogen-bond acceptors (Lipinski definition) is 8. The Kier molecular flexibility index (Phi) is 7.67. The van der Waals surface area contributed by atoms with Gasteiger partial charge in [0.1, 0.15) is 18.4 Å². The van der Waals surface area contributed by atoms with E-state index in [1.165, 1.54) is 0 Å². The summed E-state index contributed by atoms with van der Waals surface area (Å²) in [4.78, 5) is 66.1. The number of carboxylic acids is 1. The molecule has 1 fully saturated rings. The van der Waals surface area contributed by atoms with Gasteiger partial charge in [0.25, 0.3) is 0 Å². The Bertz CT molecular complexity index is 844. The summed E-state index contributed by atoms with van der Waals surface area (Å²) in [5, 5.41) is 11.4. The minimum absolute atomic E-state index is 0.00426. The molecule has 1 unspecified atom stereocenters. The van der Waals surface area contributed by atoms with Gasteiger partial charge in [-0.3, -0.25) is 24.0 Å². The number of nitrogens with zero attached hydrogens (tertiary/aromatic N) is 3. The van der Waals surface area contributed by atoms with Gasteiger partial charge < -0.3 is 30.7 Å². The van der Waals surface area contributed by atoms with Crippen molar-refractivity contribution >= 4 is 35.5 Å². The first-order chi connectivity index (χ1) is 14.2. The summed E-state index contributed by atoms with van der Waals surface area (Å²) in [6.45, 7) is -0.921. The smallest absolute Gasteiger partial charge is 0.323 e. The zero-order valence-corrected chi connectivity index (χ0v) is 16.4. The molecule has 30 heavy (non-hydrogen) atoms. The zero-order valence-electron chi connectivity index (χ0n) is 16.4. The molecule has 162 valence electrons. The van der Waals surface area contributed by atoms with E-state index in [0.29, 0.717) is 5.69 Å². The van der Waals surface area contributed by atoms with E-state index >= 15 is 0 Å². The quantitative estimate of drug-likeness (QED) is 0.402. The Morgan fingerprint density at radius 2 is 2.03 bits per heavy atom. The Morgan fingerprint density at radius 1 is 1.30 bits per heavy atom. The topological polar surface area (TPSA) is 172 Å². The summed E-state index contributed by atoms with van der Waals surface area (Å²) < 4.78 is 4.57. The number of carbonyl (C=O) groups excluding carboxylic acids is 4. The van der Waals surface area contributed by atoms with Crippen molar-refractivity contribution < 1.29 is 33.8 Å².